The molecule has 4 aromatic rings. The highest BCUT2D eigenvalue weighted by Crippen LogP contribution is 2.36. The van der Waals surface area contributed by atoms with Gasteiger partial charge in [-0.15, -0.1) is 0 Å². The molecule has 0 aliphatic heterocycles. The fraction of sp³-hybridized carbons (Fsp3) is 0. The van der Waals surface area contributed by atoms with Crippen molar-refractivity contribution in [1.82, 2.24) is 0 Å². The van der Waals surface area contributed by atoms with Gasteiger partial charge in [-0.25, -0.2) is 0 Å². The molecule has 4 aromatic carbocycles. The minimum Gasteiger partial charge on any atom is -0.508 e. The molecule has 2 nitrogen and oxygen atoms in total. The molecule has 0 bridgehead atoms. The zero-order valence-corrected chi connectivity index (χ0v) is 14.4. The average Bonchev–Trinajstić information content (AvgIpc) is 2.65. The summed E-state index contributed by atoms with van der Waals surface area (Å²) in [6.07, 6.45) is 0. The first-order valence-corrected chi connectivity index (χ1v) is 9.42. The van der Waals surface area contributed by atoms with E-state index in [2.05, 4.69) is 42.5 Å². The van der Waals surface area contributed by atoms with Gasteiger partial charge in [0.25, 0.3) is 0 Å². The second kappa shape index (κ2) is 6.58. The molecule has 0 unspecified atom stereocenters. The van der Waals surface area contributed by atoms with Gasteiger partial charge in [-0.05, 0) is 58.9 Å². The van der Waals surface area contributed by atoms with E-state index in [1.54, 1.807) is 24.3 Å². The Morgan fingerprint density at radius 2 is 1.04 bits per heavy atom. The molecule has 0 aliphatic carbocycles. The number of benzene rings is 4. The Hall–Kier alpha value is -2.83. The summed E-state index contributed by atoms with van der Waals surface area (Å²) in [6, 6.07) is 29.6. The third-order valence-corrected chi connectivity index (χ3v) is 6.72. The van der Waals surface area contributed by atoms with Crippen LogP contribution in [0.2, 0.25) is 0 Å². The molecule has 2 N–H and O–H groups in total. The van der Waals surface area contributed by atoms with Gasteiger partial charge in [0.15, 0.2) is 0 Å². The Morgan fingerprint density at radius 1 is 0.520 bits per heavy atom. The summed E-state index contributed by atoms with van der Waals surface area (Å²) in [4.78, 5) is 0. The maximum atomic E-state index is 9.66. The first kappa shape index (κ1) is 15.7. The van der Waals surface area contributed by atoms with Crippen LogP contribution in [0.1, 0.15) is 0 Å². The molecule has 0 saturated heterocycles. The summed E-state index contributed by atoms with van der Waals surface area (Å²) in [6.45, 7) is 0. The molecular weight excluding hydrogens is 327 g/mol. The molecule has 0 amide bonds. The van der Waals surface area contributed by atoms with E-state index < -0.39 is 7.92 Å². The molecule has 0 aliphatic rings. The molecule has 25 heavy (non-hydrogen) atoms. The van der Waals surface area contributed by atoms with Crippen LogP contribution in [0.4, 0.5) is 0 Å². The van der Waals surface area contributed by atoms with E-state index in [9.17, 15) is 10.2 Å². The molecule has 0 atom stereocenters. The third-order valence-electron chi connectivity index (χ3n) is 4.22. The minimum atomic E-state index is -0.793. The number of hydrogen-bond donors (Lipinski definition) is 2. The zero-order chi connectivity index (χ0) is 17.2. The van der Waals surface area contributed by atoms with Crippen molar-refractivity contribution in [2.24, 2.45) is 0 Å². The Morgan fingerprint density at radius 3 is 1.64 bits per heavy atom. The molecule has 0 heterocycles. The third kappa shape index (κ3) is 3.09. The normalized spacial score (nSPS) is 11.1. The molecule has 0 saturated carbocycles. The van der Waals surface area contributed by atoms with Gasteiger partial charge in [0.2, 0.25) is 0 Å². The second-order valence-corrected chi connectivity index (χ2v) is 8.05. The van der Waals surface area contributed by atoms with Crippen LogP contribution in [-0.2, 0) is 0 Å². The van der Waals surface area contributed by atoms with E-state index in [1.165, 1.54) is 16.1 Å². The van der Waals surface area contributed by atoms with Crippen molar-refractivity contribution in [3.63, 3.8) is 0 Å². The Bertz CT molecular complexity index is 957. The Balaban J connectivity index is 1.96. The van der Waals surface area contributed by atoms with Crippen LogP contribution in [0.5, 0.6) is 11.5 Å². The van der Waals surface area contributed by atoms with Crippen molar-refractivity contribution in [2.45, 2.75) is 0 Å². The van der Waals surface area contributed by atoms with Crippen LogP contribution in [0, 0.1) is 0 Å². The Labute approximate surface area is 147 Å². The lowest BCUT2D eigenvalue weighted by Crippen LogP contribution is -2.21. The SMILES string of the molecule is Oc1ccc(P(c2ccc(O)cc2)c2cccc3ccccc23)cc1. The van der Waals surface area contributed by atoms with E-state index in [-0.39, 0.29) is 11.5 Å². The molecule has 0 spiro atoms. The van der Waals surface area contributed by atoms with Gasteiger partial charge in [-0.1, -0.05) is 66.7 Å². The van der Waals surface area contributed by atoms with Crippen molar-refractivity contribution < 1.29 is 10.2 Å². The van der Waals surface area contributed by atoms with E-state index in [0.717, 1.165) is 10.6 Å². The van der Waals surface area contributed by atoms with Gasteiger partial charge in [-0.2, -0.15) is 0 Å². The fourth-order valence-electron chi connectivity index (χ4n) is 3.03. The molecule has 0 aromatic heterocycles. The zero-order valence-electron chi connectivity index (χ0n) is 13.5. The number of rotatable bonds is 3. The van der Waals surface area contributed by atoms with Gasteiger partial charge < -0.3 is 10.2 Å². The maximum absolute atomic E-state index is 9.66. The second-order valence-electron chi connectivity index (χ2n) is 5.87. The predicted octanol–water partition coefficient (Wildman–Crippen LogP) is 4.01. The number of phenolic OH excluding ortho intramolecular Hbond substituents is 2. The van der Waals surface area contributed by atoms with E-state index in [0.29, 0.717) is 0 Å². The quantitative estimate of drug-likeness (QED) is 0.551. The first-order chi connectivity index (χ1) is 12.2. The molecular formula is C22H17O2P. The van der Waals surface area contributed by atoms with Crippen LogP contribution in [0.25, 0.3) is 10.8 Å². The molecule has 0 radical (unpaired) electrons. The monoisotopic (exact) mass is 344 g/mol. The minimum absolute atomic E-state index is 0.266. The summed E-state index contributed by atoms with van der Waals surface area (Å²) < 4.78 is 0. The summed E-state index contributed by atoms with van der Waals surface area (Å²) in [7, 11) is -0.793. The predicted molar refractivity (Wildman–Crippen MR) is 106 cm³/mol. The highest BCUT2D eigenvalue weighted by atomic mass is 31.1. The molecule has 3 heteroatoms. The van der Waals surface area contributed by atoms with Gasteiger partial charge in [0.1, 0.15) is 11.5 Å². The maximum Gasteiger partial charge on any atom is 0.115 e. The van der Waals surface area contributed by atoms with Crippen molar-refractivity contribution >= 4 is 34.6 Å². The topological polar surface area (TPSA) is 40.5 Å². The lowest BCUT2D eigenvalue weighted by atomic mass is 10.1. The van der Waals surface area contributed by atoms with Crippen molar-refractivity contribution in [2.75, 3.05) is 0 Å². The standard InChI is InChI=1S/C22H17O2P/c23-17-8-12-19(13-9-17)25(20-14-10-18(24)11-15-20)22-7-3-5-16-4-1-2-6-21(16)22/h1-15,23-24H. The van der Waals surface area contributed by atoms with Gasteiger partial charge in [-0.3, -0.25) is 0 Å². The van der Waals surface area contributed by atoms with Gasteiger partial charge >= 0.3 is 0 Å². The van der Waals surface area contributed by atoms with Crippen LogP contribution in [-0.4, -0.2) is 10.2 Å². The lowest BCUT2D eigenvalue weighted by Gasteiger charge is -2.21. The van der Waals surface area contributed by atoms with E-state index in [1.807, 2.05) is 24.3 Å². The highest BCUT2D eigenvalue weighted by Gasteiger charge is 2.18. The van der Waals surface area contributed by atoms with Crippen LogP contribution in [0.15, 0.2) is 91.0 Å². The van der Waals surface area contributed by atoms with Crippen LogP contribution < -0.4 is 15.9 Å². The van der Waals surface area contributed by atoms with Gasteiger partial charge in [0, 0.05) is 0 Å². The van der Waals surface area contributed by atoms with Crippen LogP contribution >= 0.6 is 7.92 Å². The summed E-state index contributed by atoms with van der Waals surface area (Å²) >= 11 is 0. The lowest BCUT2D eigenvalue weighted by molar-refractivity contribution is 0.475. The summed E-state index contributed by atoms with van der Waals surface area (Å²) in [5.74, 6) is 0.532. The fourth-order valence-corrected chi connectivity index (χ4v) is 5.46. The number of phenols is 2. The highest BCUT2D eigenvalue weighted by molar-refractivity contribution is 7.80. The number of aromatic hydroxyl groups is 2. The first-order valence-electron chi connectivity index (χ1n) is 8.08. The smallest absolute Gasteiger partial charge is 0.115 e. The van der Waals surface area contributed by atoms with Crippen molar-refractivity contribution in [1.29, 1.82) is 0 Å². The largest absolute Gasteiger partial charge is 0.508 e. The molecule has 0 fully saturated rings. The van der Waals surface area contributed by atoms with E-state index >= 15 is 0 Å². The van der Waals surface area contributed by atoms with Crippen molar-refractivity contribution in [3.05, 3.63) is 91.0 Å². The van der Waals surface area contributed by atoms with E-state index in [4.69, 9.17) is 0 Å². The average molecular weight is 344 g/mol. The van der Waals surface area contributed by atoms with Crippen molar-refractivity contribution in [3.8, 4) is 11.5 Å². The van der Waals surface area contributed by atoms with Gasteiger partial charge in [0.05, 0.1) is 0 Å². The summed E-state index contributed by atoms with van der Waals surface area (Å²) in [5, 5.41) is 25.4. The number of hydrogen-bond acceptors (Lipinski definition) is 2. The number of fused-ring (bicyclic) bond motifs is 1. The summed E-state index contributed by atoms with van der Waals surface area (Å²) in [5.41, 5.74) is 0. The van der Waals surface area contributed by atoms with Crippen LogP contribution in [0.3, 0.4) is 0 Å². The Kier molecular flexibility index (Phi) is 4.13. The molecule has 122 valence electrons. The molecule has 4 rings (SSSR count).